The second kappa shape index (κ2) is 9.61. The molecule has 0 bridgehead atoms. The second-order valence-electron chi connectivity index (χ2n) is 7.04. The number of aromatic nitrogens is 2. The van der Waals surface area contributed by atoms with Gasteiger partial charge in [-0.3, -0.25) is 4.79 Å². The summed E-state index contributed by atoms with van der Waals surface area (Å²) in [5.41, 5.74) is 0.816. The average molecular weight is 476 g/mol. The number of amides is 3. The fraction of sp³-hybridized carbons (Fsp3) is 0.238. The summed E-state index contributed by atoms with van der Waals surface area (Å²) in [6.45, 7) is 0.564. The van der Waals surface area contributed by atoms with E-state index in [2.05, 4.69) is 20.8 Å². The maximum absolute atomic E-state index is 13.4. The maximum atomic E-state index is 13.4. The molecule has 0 unspecified atom stereocenters. The molecule has 2 heterocycles. The van der Waals surface area contributed by atoms with Crippen molar-refractivity contribution in [1.29, 1.82) is 0 Å². The highest BCUT2D eigenvalue weighted by Crippen LogP contribution is 2.34. The summed E-state index contributed by atoms with van der Waals surface area (Å²) in [4.78, 5) is 28.0. The number of anilines is 2. The minimum absolute atomic E-state index is 0.0738. The largest absolute Gasteiger partial charge is 0.322 e. The van der Waals surface area contributed by atoms with Crippen LogP contribution in [0.3, 0.4) is 0 Å². The summed E-state index contributed by atoms with van der Waals surface area (Å²) in [5, 5.41) is 14.0. The van der Waals surface area contributed by atoms with Gasteiger partial charge in [-0.05, 0) is 49.4 Å². The predicted molar refractivity (Wildman–Crippen MR) is 120 cm³/mol. The van der Waals surface area contributed by atoms with Gasteiger partial charge in [-0.2, -0.15) is 0 Å². The minimum Gasteiger partial charge on any atom is -0.320 e. The number of thioether (sulfide) groups is 1. The van der Waals surface area contributed by atoms with Crippen LogP contribution >= 0.6 is 23.1 Å². The molecule has 0 radical (unpaired) electrons. The average Bonchev–Trinajstić information content (AvgIpc) is 3.46. The van der Waals surface area contributed by atoms with E-state index in [-0.39, 0.29) is 22.8 Å². The van der Waals surface area contributed by atoms with Crippen LogP contribution < -0.4 is 10.6 Å². The van der Waals surface area contributed by atoms with E-state index in [1.54, 1.807) is 16.7 Å². The fourth-order valence-corrected chi connectivity index (χ4v) is 4.73. The number of carbonyl (C=O) groups excluding carboxylic acids is 2. The Morgan fingerprint density at radius 3 is 2.69 bits per heavy atom. The Balaban J connectivity index is 1.44. The Bertz CT molecular complexity index is 1160. The molecule has 1 fully saturated rings. The van der Waals surface area contributed by atoms with Crippen LogP contribution in [0.1, 0.15) is 33.7 Å². The van der Waals surface area contributed by atoms with Gasteiger partial charge in [0, 0.05) is 28.9 Å². The molecule has 166 valence electrons. The number of rotatable bonds is 5. The summed E-state index contributed by atoms with van der Waals surface area (Å²) < 4.78 is 26.4. The third-order valence-corrected chi connectivity index (χ3v) is 6.68. The Labute approximate surface area is 191 Å². The maximum Gasteiger partial charge on any atom is 0.322 e. The summed E-state index contributed by atoms with van der Waals surface area (Å²) >= 11 is 2.66. The van der Waals surface area contributed by atoms with E-state index < -0.39 is 17.5 Å². The lowest BCUT2D eigenvalue weighted by atomic mass is 10.2. The number of halogens is 2. The first-order valence-corrected chi connectivity index (χ1v) is 11.8. The Kier molecular flexibility index (Phi) is 6.66. The van der Waals surface area contributed by atoms with E-state index in [9.17, 15) is 18.4 Å². The summed E-state index contributed by atoms with van der Waals surface area (Å²) in [6, 6.07) is 10.1. The SMILES string of the molecule is CSc1cccc(NC(=O)N2CCC[C@H]2c2nnc(C(=O)Nc3ccc(F)c(F)c3)s2)c1. The van der Waals surface area contributed by atoms with Crippen LogP contribution in [-0.2, 0) is 0 Å². The van der Waals surface area contributed by atoms with E-state index in [1.165, 1.54) is 6.07 Å². The van der Waals surface area contributed by atoms with Gasteiger partial charge in [-0.15, -0.1) is 22.0 Å². The number of hydrogen-bond acceptors (Lipinski definition) is 6. The van der Waals surface area contributed by atoms with Gasteiger partial charge in [-0.25, -0.2) is 13.6 Å². The molecule has 0 spiro atoms. The zero-order chi connectivity index (χ0) is 22.7. The number of carbonyl (C=O) groups is 2. The Morgan fingerprint density at radius 2 is 1.91 bits per heavy atom. The lowest BCUT2D eigenvalue weighted by Crippen LogP contribution is -2.34. The first-order valence-electron chi connectivity index (χ1n) is 9.76. The molecule has 2 N–H and O–H groups in total. The highest BCUT2D eigenvalue weighted by molar-refractivity contribution is 7.98. The minimum atomic E-state index is -1.06. The normalized spacial score (nSPS) is 15.6. The molecule has 1 aromatic heterocycles. The number of likely N-dealkylation sites (tertiary alicyclic amines) is 1. The van der Waals surface area contributed by atoms with E-state index in [0.29, 0.717) is 23.7 Å². The molecule has 0 saturated carbocycles. The molecule has 7 nitrogen and oxygen atoms in total. The molecule has 3 aromatic rings. The van der Waals surface area contributed by atoms with Crippen molar-refractivity contribution in [3.63, 3.8) is 0 Å². The van der Waals surface area contributed by atoms with Gasteiger partial charge in [0.05, 0.1) is 6.04 Å². The first-order chi connectivity index (χ1) is 15.4. The van der Waals surface area contributed by atoms with Crippen molar-refractivity contribution in [1.82, 2.24) is 15.1 Å². The molecule has 32 heavy (non-hydrogen) atoms. The van der Waals surface area contributed by atoms with Crippen molar-refractivity contribution in [2.24, 2.45) is 0 Å². The van der Waals surface area contributed by atoms with Crippen LogP contribution in [0, 0.1) is 11.6 Å². The zero-order valence-corrected chi connectivity index (χ0v) is 18.6. The summed E-state index contributed by atoms with van der Waals surface area (Å²) in [5.74, 6) is -2.64. The molecule has 0 aliphatic carbocycles. The van der Waals surface area contributed by atoms with Gasteiger partial charge in [0.1, 0.15) is 5.01 Å². The van der Waals surface area contributed by atoms with Crippen molar-refractivity contribution in [2.75, 3.05) is 23.4 Å². The number of urea groups is 1. The lowest BCUT2D eigenvalue weighted by molar-refractivity contribution is 0.102. The van der Waals surface area contributed by atoms with Crippen molar-refractivity contribution in [3.8, 4) is 0 Å². The fourth-order valence-electron chi connectivity index (χ4n) is 3.38. The van der Waals surface area contributed by atoms with Gasteiger partial charge in [0.15, 0.2) is 11.6 Å². The van der Waals surface area contributed by atoms with Crippen molar-refractivity contribution < 1.29 is 18.4 Å². The highest BCUT2D eigenvalue weighted by atomic mass is 32.2. The van der Waals surface area contributed by atoms with E-state index in [1.807, 2.05) is 30.5 Å². The van der Waals surface area contributed by atoms with Crippen LogP contribution in [0.5, 0.6) is 0 Å². The molecular formula is C21H19F2N5O2S2. The molecule has 2 aromatic carbocycles. The molecule has 1 aliphatic rings. The van der Waals surface area contributed by atoms with Gasteiger partial charge >= 0.3 is 6.03 Å². The zero-order valence-electron chi connectivity index (χ0n) is 17.0. The number of hydrogen-bond donors (Lipinski definition) is 2. The monoisotopic (exact) mass is 475 g/mol. The molecule has 1 aliphatic heterocycles. The van der Waals surface area contributed by atoms with Gasteiger partial charge < -0.3 is 15.5 Å². The highest BCUT2D eigenvalue weighted by Gasteiger charge is 2.33. The molecule has 11 heteroatoms. The number of nitrogens with zero attached hydrogens (tertiary/aromatic N) is 3. The van der Waals surface area contributed by atoms with Gasteiger partial charge in [0.2, 0.25) is 5.01 Å². The van der Waals surface area contributed by atoms with Crippen LogP contribution in [0.15, 0.2) is 47.4 Å². The van der Waals surface area contributed by atoms with Crippen molar-refractivity contribution in [2.45, 2.75) is 23.8 Å². The van der Waals surface area contributed by atoms with E-state index in [4.69, 9.17) is 0 Å². The third-order valence-electron chi connectivity index (χ3n) is 4.93. The molecular weight excluding hydrogens is 456 g/mol. The molecule has 1 saturated heterocycles. The number of nitrogens with one attached hydrogen (secondary N) is 2. The Morgan fingerprint density at radius 1 is 1.09 bits per heavy atom. The second-order valence-corrected chi connectivity index (χ2v) is 8.93. The molecule has 1 atom stereocenters. The predicted octanol–water partition coefficient (Wildman–Crippen LogP) is 5.16. The van der Waals surface area contributed by atoms with E-state index >= 15 is 0 Å². The van der Waals surface area contributed by atoms with Crippen LogP contribution in [0.2, 0.25) is 0 Å². The van der Waals surface area contributed by atoms with Crippen LogP contribution in [0.4, 0.5) is 25.0 Å². The van der Waals surface area contributed by atoms with Crippen LogP contribution in [0.25, 0.3) is 0 Å². The quantitative estimate of drug-likeness (QED) is 0.498. The summed E-state index contributed by atoms with van der Waals surface area (Å²) in [6.07, 6.45) is 3.48. The van der Waals surface area contributed by atoms with Gasteiger partial charge in [0.25, 0.3) is 5.91 Å². The smallest absolute Gasteiger partial charge is 0.320 e. The van der Waals surface area contributed by atoms with Crippen molar-refractivity contribution in [3.05, 3.63) is 64.1 Å². The standard InChI is InChI=1S/C21H19F2N5O2S2/c1-31-14-5-2-4-12(10-14)25-21(30)28-9-3-6-17(28)19-26-27-20(32-19)18(29)24-13-7-8-15(22)16(23)11-13/h2,4-5,7-8,10-11,17H,3,6,9H2,1H3,(H,24,29)(H,25,30)/t17-/m0/s1. The van der Waals surface area contributed by atoms with Crippen molar-refractivity contribution >= 4 is 46.4 Å². The first kappa shape index (κ1) is 22.2. The Hall–Kier alpha value is -3.05. The third kappa shape index (κ3) is 4.89. The lowest BCUT2D eigenvalue weighted by Gasteiger charge is -2.23. The topological polar surface area (TPSA) is 87.2 Å². The van der Waals surface area contributed by atoms with E-state index in [0.717, 1.165) is 34.8 Å². The summed E-state index contributed by atoms with van der Waals surface area (Å²) in [7, 11) is 0. The number of benzene rings is 2. The van der Waals surface area contributed by atoms with Crippen LogP contribution in [-0.4, -0.2) is 39.8 Å². The van der Waals surface area contributed by atoms with Gasteiger partial charge in [-0.1, -0.05) is 17.4 Å². The molecule has 3 amide bonds. The molecule has 4 rings (SSSR count).